The van der Waals surface area contributed by atoms with Crippen LogP contribution in [0.1, 0.15) is 18.4 Å². The zero-order chi connectivity index (χ0) is 21.8. The Balaban J connectivity index is 1.78. The van der Waals surface area contributed by atoms with E-state index in [0.717, 1.165) is 29.5 Å². The molecule has 1 aromatic carbocycles. The standard InChI is InChI=1S/C19H19IN2O7S/c1-28-13-7-11(6-12(20)17(13)29-10-16(24)25)8-14-18(26)22(19(27)30-14)9-15(23)21-4-2-3-5-21/h6-8H,2-5,9-10H2,1H3,(H,24,25)/b14-8+. The smallest absolute Gasteiger partial charge is 0.341 e. The van der Waals surface area contributed by atoms with Gasteiger partial charge in [-0.25, -0.2) is 4.79 Å². The second kappa shape index (κ2) is 9.69. The van der Waals surface area contributed by atoms with E-state index in [2.05, 4.69) is 0 Å². The predicted molar refractivity (Wildman–Crippen MR) is 117 cm³/mol. The maximum absolute atomic E-state index is 12.7. The zero-order valence-electron chi connectivity index (χ0n) is 16.1. The number of amides is 3. The summed E-state index contributed by atoms with van der Waals surface area (Å²) in [4.78, 5) is 50.9. The number of thioether (sulfide) groups is 1. The number of carboxylic acids is 1. The van der Waals surface area contributed by atoms with Crippen molar-refractivity contribution in [3.05, 3.63) is 26.2 Å². The molecule has 3 rings (SSSR count). The maximum atomic E-state index is 12.7. The summed E-state index contributed by atoms with van der Waals surface area (Å²) in [5.41, 5.74) is 0.579. The molecule has 0 aliphatic carbocycles. The first-order valence-electron chi connectivity index (χ1n) is 9.05. The molecule has 0 atom stereocenters. The van der Waals surface area contributed by atoms with Crippen LogP contribution in [0.5, 0.6) is 11.5 Å². The fraction of sp³-hybridized carbons (Fsp3) is 0.368. The van der Waals surface area contributed by atoms with Gasteiger partial charge in [-0.3, -0.25) is 19.3 Å². The third kappa shape index (κ3) is 5.06. The molecule has 0 radical (unpaired) electrons. The number of hydrogen-bond acceptors (Lipinski definition) is 7. The molecule has 0 bridgehead atoms. The van der Waals surface area contributed by atoms with Crippen molar-refractivity contribution >= 4 is 63.5 Å². The highest BCUT2D eigenvalue weighted by atomic mass is 127. The van der Waals surface area contributed by atoms with Crippen LogP contribution < -0.4 is 9.47 Å². The summed E-state index contributed by atoms with van der Waals surface area (Å²) in [6.07, 6.45) is 3.40. The van der Waals surface area contributed by atoms with Gasteiger partial charge in [-0.2, -0.15) is 0 Å². The van der Waals surface area contributed by atoms with E-state index in [1.165, 1.54) is 13.2 Å². The number of nitrogens with zero attached hydrogens (tertiary/aromatic N) is 2. The molecule has 3 amide bonds. The van der Waals surface area contributed by atoms with E-state index < -0.39 is 23.7 Å². The molecule has 160 valence electrons. The van der Waals surface area contributed by atoms with Gasteiger partial charge in [-0.15, -0.1) is 0 Å². The predicted octanol–water partition coefficient (Wildman–Crippen LogP) is 2.42. The lowest BCUT2D eigenvalue weighted by atomic mass is 10.2. The quantitative estimate of drug-likeness (QED) is 0.410. The Labute approximate surface area is 190 Å². The first-order valence-corrected chi connectivity index (χ1v) is 10.9. The second-order valence-corrected chi connectivity index (χ2v) is 8.73. The molecule has 2 aliphatic heterocycles. The number of rotatable bonds is 7. The Hall–Kier alpha value is -2.28. The van der Waals surface area contributed by atoms with Gasteiger partial charge in [-0.05, 0) is 71.0 Å². The molecule has 0 aromatic heterocycles. The van der Waals surface area contributed by atoms with Gasteiger partial charge in [0.15, 0.2) is 18.1 Å². The van der Waals surface area contributed by atoms with Gasteiger partial charge in [0.1, 0.15) is 6.54 Å². The van der Waals surface area contributed by atoms with Crippen LogP contribution in [0.15, 0.2) is 17.0 Å². The molecule has 11 heteroatoms. The van der Waals surface area contributed by atoms with E-state index in [1.54, 1.807) is 17.0 Å². The fourth-order valence-corrected chi connectivity index (χ4v) is 4.71. The average Bonchev–Trinajstić information content (AvgIpc) is 3.31. The minimum atomic E-state index is -1.12. The van der Waals surface area contributed by atoms with Gasteiger partial charge >= 0.3 is 5.97 Å². The number of halogens is 1. The van der Waals surface area contributed by atoms with Crippen LogP contribution >= 0.6 is 34.4 Å². The number of benzene rings is 1. The van der Waals surface area contributed by atoms with E-state index in [4.69, 9.17) is 14.6 Å². The van der Waals surface area contributed by atoms with Gasteiger partial charge in [0.05, 0.1) is 15.6 Å². The summed E-state index contributed by atoms with van der Waals surface area (Å²) in [7, 11) is 1.42. The lowest BCUT2D eigenvalue weighted by Gasteiger charge is -2.18. The topological polar surface area (TPSA) is 113 Å². The Bertz CT molecular complexity index is 928. The molecule has 30 heavy (non-hydrogen) atoms. The Morgan fingerprint density at radius 3 is 2.60 bits per heavy atom. The molecule has 1 N–H and O–H groups in total. The third-order valence-corrected chi connectivity index (χ3v) is 6.22. The monoisotopic (exact) mass is 546 g/mol. The number of aliphatic carboxylic acids is 1. The first-order chi connectivity index (χ1) is 14.3. The highest BCUT2D eigenvalue weighted by molar-refractivity contribution is 14.1. The maximum Gasteiger partial charge on any atom is 0.341 e. The van der Waals surface area contributed by atoms with E-state index in [-0.39, 0.29) is 23.1 Å². The van der Waals surface area contributed by atoms with E-state index >= 15 is 0 Å². The van der Waals surface area contributed by atoms with Crippen LogP contribution in [0.3, 0.4) is 0 Å². The van der Waals surface area contributed by atoms with Crippen LogP contribution in [-0.4, -0.2) is 71.3 Å². The van der Waals surface area contributed by atoms with Gasteiger partial charge < -0.3 is 19.5 Å². The lowest BCUT2D eigenvalue weighted by Crippen LogP contribution is -2.40. The summed E-state index contributed by atoms with van der Waals surface area (Å²) in [5.74, 6) is -1.28. The molecule has 0 unspecified atom stereocenters. The van der Waals surface area contributed by atoms with Crippen LogP contribution in [0.2, 0.25) is 0 Å². The summed E-state index contributed by atoms with van der Waals surface area (Å²) >= 11 is 2.75. The van der Waals surface area contributed by atoms with Crippen molar-refractivity contribution in [2.45, 2.75) is 12.8 Å². The molecule has 2 heterocycles. The van der Waals surface area contributed by atoms with Crippen molar-refractivity contribution in [3.8, 4) is 11.5 Å². The zero-order valence-corrected chi connectivity index (χ0v) is 19.0. The number of carbonyl (C=O) groups is 4. The number of hydrogen-bond donors (Lipinski definition) is 1. The molecule has 0 spiro atoms. The number of carbonyl (C=O) groups excluding carboxylic acids is 3. The average molecular weight is 546 g/mol. The minimum Gasteiger partial charge on any atom is -0.493 e. The summed E-state index contributed by atoms with van der Waals surface area (Å²) in [5, 5.41) is 8.32. The number of imide groups is 1. The largest absolute Gasteiger partial charge is 0.493 e. The van der Waals surface area contributed by atoms with Crippen molar-refractivity contribution in [2.75, 3.05) is 33.4 Å². The van der Waals surface area contributed by atoms with Crippen molar-refractivity contribution < 1.29 is 33.8 Å². The van der Waals surface area contributed by atoms with Gasteiger partial charge in [0.2, 0.25) is 5.91 Å². The van der Waals surface area contributed by atoms with Crippen molar-refractivity contribution in [1.29, 1.82) is 0 Å². The molecular weight excluding hydrogens is 527 g/mol. The molecule has 2 saturated heterocycles. The molecule has 0 saturated carbocycles. The van der Waals surface area contributed by atoms with E-state index in [1.807, 2.05) is 22.6 Å². The SMILES string of the molecule is COc1cc(/C=C2/SC(=O)N(CC(=O)N3CCCC3)C2=O)cc(I)c1OCC(=O)O. The highest BCUT2D eigenvalue weighted by Crippen LogP contribution is 2.37. The van der Waals surface area contributed by atoms with Gasteiger partial charge in [-0.1, -0.05) is 0 Å². The molecule has 2 aliphatic rings. The summed E-state index contributed by atoms with van der Waals surface area (Å²) in [6.45, 7) is 0.527. The minimum absolute atomic E-state index is 0.200. The van der Waals surface area contributed by atoms with Crippen molar-refractivity contribution in [3.63, 3.8) is 0 Å². The van der Waals surface area contributed by atoms with Crippen molar-refractivity contribution in [1.82, 2.24) is 9.80 Å². The number of methoxy groups -OCH3 is 1. The molecule has 2 fully saturated rings. The Morgan fingerprint density at radius 1 is 1.27 bits per heavy atom. The first kappa shape index (κ1) is 22.4. The van der Waals surface area contributed by atoms with E-state index in [9.17, 15) is 19.2 Å². The molecule has 9 nitrogen and oxygen atoms in total. The number of ether oxygens (including phenoxy) is 2. The van der Waals surface area contributed by atoms with Crippen LogP contribution in [0.25, 0.3) is 6.08 Å². The number of carboxylic acid groups (broad SMARTS) is 1. The lowest BCUT2D eigenvalue weighted by molar-refractivity contribution is -0.139. The van der Waals surface area contributed by atoms with Crippen LogP contribution in [0.4, 0.5) is 4.79 Å². The normalized spacial score (nSPS) is 17.7. The second-order valence-electron chi connectivity index (χ2n) is 6.57. The van der Waals surface area contributed by atoms with Crippen LogP contribution in [0, 0.1) is 3.57 Å². The molecular formula is C19H19IN2O7S. The summed E-state index contributed by atoms with van der Waals surface area (Å²) < 4.78 is 11.1. The molecule has 1 aromatic rings. The van der Waals surface area contributed by atoms with Gasteiger partial charge in [0.25, 0.3) is 11.1 Å². The van der Waals surface area contributed by atoms with E-state index in [0.29, 0.717) is 28.0 Å². The van der Waals surface area contributed by atoms with Crippen LogP contribution in [-0.2, 0) is 14.4 Å². The fourth-order valence-electron chi connectivity index (χ4n) is 3.09. The van der Waals surface area contributed by atoms with Gasteiger partial charge in [0, 0.05) is 13.1 Å². The summed E-state index contributed by atoms with van der Waals surface area (Å²) in [6, 6.07) is 3.27. The number of likely N-dealkylation sites (tertiary alicyclic amines) is 1. The Morgan fingerprint density at radius 2 is 1.97 bits per heavy atom. The third-order valence-electron chi connectivity index (χ3n) is 4.52. The highest BCUT2D eigenvalue weighted by Gasteiger charge is 2.37. The Kier molecular flexibility index (Phi) is 7.23. The van der Waals surface area contributed by atoms with Crippen molar-refractivity contribution in [2.24, 2.45) is 0 Å².